The molecule has 9 nitrogen and oxygen atoms in total. The number of pyridine rings is 1. The van der Waals surface area contributed by atoms with Crippen LogP contribution in [0.4, 0.5) is 0 Å². The Bertz CT molecular complexity index is 1560. The lowest BCUT2D eigenvalue weighted by atomic mass is 10.0. The summed E-state index contributed by atoms with van der Waals surface area (Å²) in [5.41, 5.74) is 9.38. The summed E-state index contributed by atoms with van der Waals surface area (Å²) in [6.07, 6.45) is 3.59. The Morgan fingerprint density at radius 3 is 2.45 bits per heavy atom. The molecule has 0 bridgehead atoms. The zero-order valence-corrected chi connectivity index (χ0v) is 25.3. The fourth-order valence-corrected chi connectivity index (χ4v) is 4.70. The van der Waals surface area contributed by atoms with Gasteiger partial charge in [-0.2, -0.15) is 0 Å². The van der Waals surface area contributed by atoms with E-state index in [2.05, 4.69) is 10.6 Å². The number of fused-ring (bicyclic) bond motifs is 1. The summed E-state index contributed by atoms with van der Waals surface area (Å²) < 4.78 is 7.57. The molecule has 0 radical (unpaired) electrons. The molecule has 222 valence electrons. The Hall–Kier alpha value is -3.92. The largest absolute Gasteiger partial charge is 0.489 e. The zero-order valence-electron chi connectivity index (χ0n) is 24.5. The highest BCUT2D eigenvalue weighted by molar-refractivity contribution is 6.32. The molecule has 0 aliphatic carbocycles. The van der Waals surface area contributed by atoms with E-state index in [0.717, 1.165) is 22.4 Å². The molecule has 0 fully saturated rings. The number of rotatable bonds is 11. The fraction of sp³-hybridized carbons (Fsp3) is 0.344. The SMILES string of the molecule is CC(C)Oc1ccc(C(=O)NC(CNC(=O)C(C)(C)N)Cc2ccc(-c3cn4cccc(C(C)O)c4n3)cc2)cc1Cl. The molecule has 2 unspecified atom stereocenters. The lowest BCUT2D eigenvalue weighted by Gasteiger charge is -2.23. The highest BCUT2D eigenvalue weighted by atomic mass is 35.5. The average molecular weight is 592 g/mol. The number of ether oxygens (including phenoxy) is 1. The molecule has 2 atom stereocenters. The minimum absolute atomic E-state index is 0.0530. The number of imidazole rings is 1. The van der Waals surface area contributed by atoms with E-state index in [-0.39, 0.29) is 24.5 Å². The fourth-order valence-electron chi connectivity index (χ4n) is 4.47. The van der Waals surface area contributed by atoms with Gasteiger partial charge < -0.3 is 30.6 Å². The number of aliphatic hydroxyl groups is 1. The molecule has 0 saturated carbocycles. The van der Waals surface area contributed by atoms with Crippen molar-refractivity contribution in [1.29, 1.82) is 0 Å². The number of hydrogen-bond acceptors (Lipinski definition) is 6. The van der Waals surface area contributed by atoms with Gasteiger partial charge in [0.1, 0.15) is 11.4 Å². The van der Waals surface area contributed by atoms with E-state index in [4.69, 9.17) is 27.1 Å². The van der Waals surface area contributed by atoms with Crippen LogP contribution in [0.1, 0.15) is 62.2 Å². The van der Waals surface area contributed by atoms with Crippen molar-refractivity contribution in [3.8, 4) is 17.0 Å². The quantitative estimate of drug-likeness (QED) is 0.200. The Kier molecular flexibility index (Phi) is 9.56. The van der Waals surface area contributed by atoms with Crippen LogP contribution >= 0.6 is 11.6 Å². The number of hydrogen-bond donors (Lipinski definition) is 4. The Balaban J connectivity index is 1.52. The van der Waals surface area contributed by atoms with Crippen molar-refractivity contribution in [3.63, 3.8) is 0 Å². The maximum atomic E-state index is 13.2. The van der Waals surface area contributed by atoms with Gasteiger partial charge >= 0.3 is 0 Å². The second-order valence-corrected chi connectivity index (χ2v) is 11.7. The van der Waals surface area contributed by atoms with Crippen molar-refractivity contribution in [2.24, 2.45) is 5.73 Å². The van der Waals surface area contributed by atoms with Gasteiger partial charge in [0.05, 0.1) is 34.5 Å². The van der Waals surface area contributed by atoms with Gasteiger partial charge in [-0.05, 0) is 70.9 Å². The monoisotopic (exact) mass is 591 g/mol. The molecule has 0 saturated heterocycles. The summed E-state index contributed by atoms with van der Waals surface area (Å²) in [5.74, 6) is -0.141. The maximum Gasteiger partial charge on any atom is 0.251 e. The Morgan fingerprint density at radius 1 is 1.12 bits per heavy atom. The van der Waals surface area contributed by atoms with Crippen LogP contribution in [0.25, 0.3) is 16.9 Å². The second kappa shape index (κ2) is 12.9. The third kappa shape index (κ3) is 7.67. The van der Waals surface area contributed by atoms with Gasteiger partial charge in [-0.15, -0.1) is 0 Å². The molecule has 2 amide bonds. The number of halogens is 1. The normalized spacial score (nSPS) is 13.2. The van der Waals surface area contributed by atoms with Crippen LogP contribution < -0.4 is 21.1 Å². The van der Waals surface area contributed by atoms with Crippen molar-refractivity contribution in [2.45, 2.75) is 64.8 Å². The van der Waals surface area contributed by atoms with Crippen LogP contribution in [-0.4, -0.2) is 50.5 Å². The first-order chi connectivity index (χ1) is 19.8. The lowest BCUT2D eigenvalue weighted by molar-refractivity contribution is -0.125. The molecule has 2 aromatic carbocycles. The van der Waals surface area contributed by atoms with Crippen LogP contribution in [-0.2, 0) is 11.2 Å². The number of carbonyl (C=O) groups is 2. The van der Waals surface area contributed by atoms with E-state index >= 15 is 0 Å². The predicted octanol–water partition coefficient (Wildman–Crippen LogP) is 4.69. The van der Waals surface area contributed by atoms with Crippen molar-refractivity contribution >= 4 is 29.1 Å². The number of aromatic nitrogens is 2. The molecule has 0 spiro atoms. The molecular weight excluding hydrogens is 554 g/mol. The van der Waals surface area contributed by atoms with Gasteiger partial charge in [0.15, 0.2) is 0 Å². The molecule has 5 N–H and O–H groups in total. The van der Waals surface area contributed by atoms with E-state index in [0.29, 0.717) is 28.4 Å². The van der Waals surface area contributed by atoms with Crippen LogP contribution in [0.5, 0.6) is 5.75 Å². The topological polar surface area (TPSA) is 131 Å². The van der Waals surface area contributed by atoms with E-state index in [1.165, 1.54) is 0 Å². The number of nitrogens with one attached hydrogen (secondary N) is 2. The van der Waals surface area contributed by atoms with Crippen molar-refractivity contribution in [3.05, 3.63) is 88.7 Å². The highest BCUT2D eigenvalue weighted by Crippen LogP contribution is 2.27. The number of nitrogens with zero attached hydrogens (tertiary/aromatic N) is 2. The molecule has 4 rings (SSSR count). The third-order valence-corrected chi connectivity index (χ3v) is 6.98. The van der Waals surface area contributed by atoms with Gasteiger partial charge in [0, 0.05) is 35.6 Å². The summed E-state index contributed by atoms with van der Waals surface area (Å²) in [6.45, 7) is 8.95. The van der Waals surface area contributed by atoms with Crippen LogP contribution in [0.3, 0.4) is 0 Å². The zero-order chi connectivity index (χ0) is 30.6. The smallest absolute Gasteiger partial charge is 0.251 e. The first kappa shape index (κ1) is 31.0. The molecule has 4 aromatic rings. The van der Waals surface area contributed by atoms with Crippen LogP contribution in [0, 0.1) is 0 Å². The first-order valence-corrected chi connectivity index (χ1v) is 14.3. The highest BCUT2D eigenvalue weighted by Gasteiger charge is 2.24. The number of nitrogens with two attached hydrogens (primary N) is 1. The number of carbonyl (C=O) groups excluding carboxylic acids is 2. The summed E-state index contributed by atoms with van der Waals surface area (Å²) >= 11 is 6.36. The Labute approximate surface area is 251 Å². The van der Waals surface area contributed by atoms with E-state index in [9.17, 15) is 14.7 Å². The minimum Gasteiger partial charge on any atom is -0.489 e. The van der Waals surface area contributed by atoms with Crippen molar-refractivity contribution in [2.75, 3.05) is 6.54 Å². The van der Waals surface area contributed by atoms with Gasteiger partial charge in [-0.25, -0.2) is 4.98 Å². The summed E-state index contributed by atoms with van der Waals surface area (Å²) in [6, 6.07) is 16.1. The molecule has 0 aliphatic heterocycles. The van der Waals surface area contributed by atoms with Gasteiger partial charge in [0.25, 0.3) is 5.91 Å². The Morgan fingerprint density at radius 2 is 1.83 bits per heavy atom. The number of amides is 2. The van der Waals surface area contributed by atoms with Gasteiger partial charge in [0.2, 0.25) is 5.91 Å². The first-order valence-electron chi connectivity index (χ1n) is 13.9. The summed E-state index contributed by atoms with van der Waals surface area (Å²) in [7, 11) is 0. The molecule has 42 heavy (non-hydrogen) atoms. The lowest BCUT2D eigenvalue weighted by Crippen LogP contribution is -2.53. The van der Waals surface area contributed by atoms with Gasteiger partial charge in [-0.3, -0.25) is 9.59 Å². The minimum atomic E-state index is -1.06. The average Bonchev–Trinajstić information content (AvgIpc) is 3.36. The molecule has 2 aromatic heterocycles. The summed E-state index contributed by atoms with van der Waals surface area (Å²) in [5, 5.41) is 16.3. The van der Waals surface area contributed by atoms with Crippen LogP contribution in [0.2, 0.25) is 5.02 Å². The molecule has 0 aliphatic rings. The van der Waals surface area contributed by atoms with Gasteiger partial charge in [-0.1, -0.05) is 41.9 Å². The standard InChI is InChI=1S/C32H38ClN5O4/c1-19(2)42-28-13-12-23(16-26(28)33)30(40)36-24(17-35-31(41)32(4,5)34)15-21-8-10-22(11-9-21)27-18-38-14-6-7-25(20(3)39)29(38)37-27/h6-14,16,18-20,24,39H,15,17,34H2,1-5H3,(H,35,41)(H,36,40). The van der Waals surface area contributed by atoms with E-state index in [1.807, 2.05) is 67.0 Å². The molecular formula is C32H38ClN5O4. The number of aliphatic hydroxyl groups excluding tert-OH is 1. The predicted molar refractivity (Wildman–Crippen MR) is 165 cm³/mol. The molecule has 2 heterocycles. The molecule has 10 heteroatoms. The number of benzene rings is 2. The van der Waals surface area contributed by atoms with E-state index in [1.54, 1.807) is 39.0 Å². The summed E-state index contributed by atoms with van der Waals surface area (Å²) in [4.78, 5) is 30.4. The van der Waals surface area contributed by atoms with E-state index < -0.39 is 17.7 Å². The maximum absolute atomic E-state index is 13.2. The second-order valence-electron chi connectivity index (χ2n) is 11.3. The third-order valence-electron chi connectivity index (χ3n) is 6.68. The van der Waals surface area contributed by atoms with Crippen molar-refractivity contribution < 1.29 is 19.4 Å². The van der Waals surface area contributed by atoms with Crippen molar-refractivity contribution in [1.82, 2.24) is 20.0 Å². The van der Waals surface area contributed by atoms with Crippen LogP contribution in [0.15, 0.2) is 67.0 Å².